The maximum absolute atomic E-state index is 12.1. The smallest absolute Gasteiger partial charge is 0.207 e. The molecule has 1 unspecified atom stereocenters. The van der Waals surface area contributed by atoms with Gasteiger partial charge in [0.2, 0.25) is 10.0 Å². The van der Waals surface area contributed by atoms with Crippen LogP contribution in [0.25, 0.3) is 0 Å². The van der Waals surface area contributed by atoms with Crippen LogP contribution < -0.4 is 0 Å². The molecule has 0 aromatic heterocycles. The molecule has 1 atom stereocenters. The Morgan fingerprint density at radius 1 is 1.47 bits per heavy atom. The van der Waals surface area contributed by atoms with Crippen LogP contribution in [0.2, 0.25) is 5.02 Å². The van der Waals surface area contributed by atoms with Gasteiger partial charge in [0.05, 0.1) is 4.90 Å². The first kappa shape index (κ1) is 15.0. The highest BCUT2D eigenvalue weighted by Crippen LogP contribution is 2.19. The summed E-state index contributed by atoms with van der Waals surface area (Å²) in [6.07, 6.45) is 0.760. The first-order valence-corrected chi connectivity index (χ1v) is 7.93. The highest BCUT2D eigenvalue weighted by molar-refractivity contribution is 9.09. The minimum absolute atomic E-state index is 0.231. The zero-order valence-electron chi connectivity index (χ0n) is 9.73. The van der Waals surface area contributed by atoms with E-state index < -0.39 is 10.0 Å². The second kappa shape index (κ2) is 6.18. The summed E-state index contributed by atoms with van der Waals surface area (Å²) in [6.45, 7) is 2.46. The molecule has 0 fully saturated rings. The highest BCUT2D eigenvalue weighted by atomic mass is 79.9. The Hall–Kier alpha value is -0.100. The van der Waals surface area contributed by atoms with Crippen molar-refractivity contribution in [3.63, 3.8) is 0 Å². The molecule has 0 saturated heterocycles. The van der Waals surface area contributed by atoms with Crippen molar-refractivity contribution >= 4 is 37.6 Å². The first-order valence-electron chi connectivity index (χ1n) is 5.20. The number of halogens is 2. The molecule has 0 amide bonds. The number of alkyl halides is 1. The molecule has 0 spiro atoms. The molecule has 6 heteroatoms. The Morgan fingerprint density at radius 2 is 2.12 bits per heavy atom. The van der Waals surface area contributed by atoms with Crippen molar-refractivity contribution in [1.29, 1.82) is 0 Å². The van der Waals surface area contributed by atoms with Gasteiger partial charge in [0, 0.05) is 23.4 Å². The molecular formula is C11H15BrClNO2S. The Morgan fingerprint density at radius 3 is 2.65 bits per heavy atom. The molecule has 17 heavy (non-hydrogen) atoms. The molecule has 0 bridgehead atoms. The zero-order chi connectivity index (χ0) is 13.1. The van der Waals surface area contributed by atoms with Gasteiger partial charge in [0.15, 0.2) is 0 Å². The summed E-state index contributed by atoms with van der Waals surface area (Å²) in [7, 11) is -1.85. The summed E-state index contributed by atoms with van der Waals surface area (Å²) in [5.74, 6) is 0. The van der Waals surface area contributed by atoms with Gasteiger partial charge in [-0.3, -0.25) is 0 Å². The predicted molar refractivity (Wildman–Crippen MR) is 74.3 cm³/mol. The fourth-order valence-electron chi connectivity index (χ4n) is 1.29. The fraction of sp³-hybridized carbons (Fsp3) is 0.455. The third-order valence-corrected chi connectivity index (χ3v) is 4.89. The lowest BCUT2D eigenvalue weighted by molar-refractivity contribution is 0.462. The molecule has 3 nitrogen and oxygen atoms in total. The van der Waals surface area contributed by atoms with E-state index in [1.54, 1.807) is 25.2 Å². The van der Waals surface area contributed by atoms with Crippen LogP contribution in [0.15, 0.2) is 29.2 Å². The number of hydrogen-bond acceptors (Lipinski definition) is 2. The zero-order valence-corrected chi connectivity index (χ0v) is 12.9. The van der Waals surface area contributed by atoms with Crippen molar-refractivity contribution in [1.82, 2.24) is 4.31 Å². The van der Waals surface area contributed by atoms with Crippen molar-refractivity contribution in [3.05, 3.63) is 29.3 Å². The number of nitrogens with zero attached hydrogens (tertiary/aromatic N) is 1. The van der Waals surface area contributed by atoms with Crippen LogP contribution in [0.3, 0.4) is 0 Å². The Balaban J connectivity index is 2.88. The summed E-state index contributed by atoms with van der Waals surface area (Å²) in [5.41, 5.74) is 0. The van der Waals surface area contributed by atoms with Crippen LogP contribution in [-0.2, 0) is 10.0 Å². The Bertz CT molecular complexity index is 476. The summed E-state index contributed by atoms with van der Waals surface area (Å²) < 4.78 is 25.6. The van der Waals surface area contributed by atoms with Gasteiger partial charge in [0.25, 0.3) is 0 Å². The van der Waals surface area contributed by atoms with Gasteiger partial charge >= 0.3 is 0 Å². The fourth-order valence-corrected chi connectivity index (χ4v) is 2.98. The number of benzene rings is 1. The van der Waals surface area contributed by atoms with Crippen LogP contribution >= 0.6 is 27.5 Å². The van der Waals surface area contributed by atoms with E-state index in [2.05, 4.69) is 15.9 Å². The second-order valence-electron chi connectivity index (χ2n) is 3.85. The van der Waals surface area contributed by atoms with E-state index in [-0.39, 0.29) is 4.90 Å². The lowest BCUT2D eigenvalue weighted by Crippen LogP contribution is -2.28. The third-order valence-electron chi connectivity index (χ3n) is 2.35. The molecule has 0 saturated carbocycles. The largest absolute Gasteiger partial charge is 0.242 e. The molecule has 1 aromatic rings. The molecular weight excluding hydrogens is 326 g/mol. The minimum atomic E-state index is -3.43. The molecule has 0 aliphatic rings. The maximum atomic E-state index is 12.1. The van der Waals surface area contributed by atoms with Gasteiger partial charge in [-0.05, 0) is 24.6 Å². The molecule has 96 valence electrons. The van der Waals surface area contributed by atoms with Crippen molar-refractivity contribution in [2.45, 2.75) is 23.1 Å². The summed E-state index contributed by atoms with van der Waals surface area (Å²) in [6, 6.07) is 6.30. The molecule has 0 aliphatic heterocycles. The van der Waals surface area contributed by atoms with Gasteiger partial charge in [-0.15, -0.1) is 0 Å². The van der Waals surface area contributed by atoms with Crippen LogP contribution in [0.5, 0.6) is 0 Å². The summed E-state index contributed by atoms with van der Waals surface area (Å²) in [5, 5.41) is 0.424. The van der Waals surface area contributed by atoms with Gasteiger partial charge in [-0.25, -0.2) is 12.7 Å². The van der Waals surface area contributed by atoms with E-state index >= 15 is 0 Å². The Kier molecular flexibility index (Phi) is 5.44. The second-order valence-corrected chi connectivity index (χ2v) is 7.90. The molecule has 0 heterocycles. The Labute approximate surface area is 116 Å². The van der Waals surface area contributed by atoms with E-state index in [0.29, 0.717) is 16.4 Å². The third kappa shape index (κ3) is 4.25. The van der Waals surface area contributed by atoms with Crippen LogP contribution in [0, 0.1) is 0 Å². The first-order chi connectivity index (χ1) is 7.84. The maximum Gasteiger partial charge on any atom is 0.242 e. The van der Waals surface area contributed by atoms with E-state index in [4.69, 9.17) is 11.6 Å². The van der Waals surface area contributed by atoms with E-state index in [0.717, 1.165) is 6.42 Å². The molecule has 0 N–H and O–H groups in total. The van der Waals surface area contributed by atoms with Crippen LogP contribution in [0.1, 0.15) is 13.3 Å². The number of rotatable bonds is 5. The van der Waals surface area contributed by atoms with Crippen LogP contribution in [0.4, 0.5) is 0 Å². The summed E-state index contributed by atoms with van der Waals surface area (Å²) in [4.78, 5) is 0.522. The van der Waals surface area contributed by atoms with Crippen LogP contribution in [-0.4, -0.2) is 31.1 Å². The van der Waals surface area contributed by atoms with Gasteiger partial charge in [-0.1, -0.05) is 40.5 Å². The highest BCUT2D eigenvalue weighted by Gasteiger charge is 2.20. The quantitative estimate of drug-likeness (QED) is 0.772. The molecule has 1 rings (SSSR count). The van der Waals surface area contributed by atoms with Crippen molar-refractivity contribution in [2.24, 2.45) is 0 Å². The monoisotopic (exact) mass is 339 g/mol. The van der Waals surface area contributed by atoms with E-state index in [1.807, 2.05) is 6.92 Å². The lowest BCUT2D eigenvalue weighted by Gasteiger charge is -2.17. The average molecular weight is 341 g/mol. The normalized spacial score (nSPS) is 13.9. The lowest BCUT2D eigenvalue weighted by atomic mass is 10.3. The minimum Gasteiger partial charge on any atom is -0.207 e. The molecule has 0 radical (unpaired) electrons. The van der Waals surface area contributed by atoms with Crippen molar-refractivity contribution in [2.75, 3.05) is 13.6 Å². The van der Waals surface area contributed by atoms with Crippen molar-refractivity contribution in [3.8, 4) is 0 Å². The average Bonchev–Trinajstić information content (AvgIpc) is 2.25. The predicted octanol–water partition coefficient (Wildman–Crippen LogP) is 3.13. The van der Waals surface area contributed by atoms with Gasteiger partial charge < -0.3 is 0 Å². The SMILES string of the molecule is CC(Br)CCN(C)S(=O)(=O)c1cccc(Cl)c1. The topological polar surface area (TPSA) is 37.4 Å². The van der Waals surface area contributed by atoms with E-state index in [9.17, 15) is 8.42 Å². The van der Waals surface area contributed by atoms with Gasteiger partial charge in [0.1, 0.15) is 0 Å². The molecule has 0 aliphatic carbocycles. The van der Waals surface area contributed by atoms with E-state index in [1.165, 1.54) is 10.4 Å². The number of hydrogen-bond donors (Lipinski definition) is 0. The van der Waals surface area contributed by atoms with Crippen molar-refractivity contribution < 1.29 is 8.42 Å². The summed E-state index contributed by atoms with van der Waals surface area (Å²) >= 11 is 9.19. The van der Waals surface area contributed by atoms with Gasteiger partial charge in [-0.2, -0.15) is 0 Å². The number of sulfonamides is 1. The molecule has 1 aromatic carbocycles. The standard InChI is InChI=1S/C11H15BrClNO2S/c1-9(12)6-7-14(2)17(15,16)11-5-3-4-10(13)8-11/h3-5,8-9H,6-7H2,1-2H3.